The van der Waals surface area contributed by atoms with E-state index in [1.54, 1.807) is 11.8 Å². The van der Waals surface area contributed by atoms with Gasteiger partial charge < -0.3 is 15.2 Å². The van der Waals surface area contributed by atoms with Crippen molar-refractivity contribution in [3.05, 3.63) is 59.6 Å². The van der Waals surface area contributed by atoms with Crippen LogP contribution >= 0.6 is 11.8 Å². The molecule has 1 heterocycles. The van der Waals surface area contributed by atoms with E-state index in [4.69, 9.17) is 4.74 Å². The maximum absolute atomic E-state index is 12.9. The number of carbonyl (C=O) groups excluding carboxylic acids is 1. The van der Waals surface area contributed by atoms with Crippen LogP contribution in [0.3, 0.4) is 0 Å². The summed E-state index contributed by atoms with van der Waals surface area (Å²) in [6.45, 7) is 12.0. The zero-order valence-corrected chi connectivity index (χ0v) is 23.5. The van der Waals surface area contributed by atoms with Crippen molar-refractivity contribution in [2.75, 3.05) is 5.75 Å². The molecule has 200 valence electrons. The number of hydrogen-bond acceptors (Lipinski definition) is 6. The molecule has 7 heteroatoms. The van der Waals surface area contributed by atoms with E-state index >= 15 is 0 Å². The third kappa shape index (κ3) is 6.94. The molecule has 1 aromatic heterocycles. The molecule has 1 fully saturated rings. The summed E-state index contributed by atoms with van der Waals surface area (Å²) in [7, 11) is 0. The van der Waals surface area contributed by atoms with E-state index in [0.717, 1.165) is 48.0 Å². The monoisotopic (exact) mass is 523 g/mol. The van der Waals surface area contributed by atoms with Crippen LogP contribution in [0.5, 0.6) is 0 Å². The number of rotatable bonds is 11. The molecule has 0 aliphatic heterocycles. The van der Waals surface area contributed by atoms with Crippen LogP contribution in [0, 0.1) is 11.3 Å². The van der Waals surface area contributed by atoms with Gasteiger partial charge in [0.15, 0.2) is 0 Å². The lowest BCUT2D eigenvalue weighted by Gasteiger charge is -2.37. The predicted octanol–water partition coefficient (Wildman–Crippen LogP) is 6.87. The number of nitrogens with one attached hydrogen (secondary N) is 1. The number of nitrogens with zero attached hydrogens (tertiary/aromatic N) is 2. The first kappa shape index (κ1) is 27.6. The van der Waals surface area contributed by atoms with Gasteiger partial charge in [0.1, 0.15) is 10.6 Å². The van der Waals surface area contributed by atoms with E-state index in [9.17, 15) is 9.90 Å². The summed E-state index contributed by atoms with van der Waals surface area (Å²) in [5.41, 5.74) is 3.87. The fraction of sp³-hybridized carbons (Fsp3) is 0.567. The molecule has 1 aromatic carbocycles. The van der Waals surface area contributed by atoms with Gasteiger partial charge in [0.2, 0.25) is 0 Å². The molecule has 4 rings (SSSR count). The molecule has 1 saturated carbocycles. The molecule has 1 unspecified atom stereocenters. The minimum atomic E-state index is -0.563. The molecular formula is C30H41N3O3S. The maximum Gasteiger partial charge on any atom is 0.408 e. The van der Waals surface area contributed by atoms with Gasteiger partial charge in [-0.15, -0.1) is 11.8 Å². The normalized spacial score (nSPS) is 20.9. The van der Waals surface area contributed by atoms with E-state index in [2.05, 4.69) is 47.0 Å². The predicted molar refractivity (Wildman–Crippen MR) is 149 cm³/mol. The highest BCUT2D eigenvalue weighted by Crippen LogP contribution is 2.52. The van der Waals surface area contributed by atoms with Gasteiger partial charge in [0.05, 0.1) is 30.2 Å². The Morgan fingerprint density at radius 3 is 2.70 bits per heavy atom. The Morgan fingerprint density at radius 1 is 1.27 bits per heavy atom. The molecule has 2 aliphatic rings. The van der Waals surface area contributed by atoms with Gasteiger partial charge in [-0.25, -0.2) is 9.78 Å². The second kappa shape index (κ2) is 11.6. The summed E-state index contributed by atoms with van der Waals surface area (Å²) in [6.07, 6.45) is 8.42. The lowest BCUT2D eigenvalue weighted by atomic mass is 9.72. The second-order valence-corrected chi connectivity index (χ2v) is 12.6. The van der Waals surface area contributed by atoms with E-state index in [-0.39, 0.29) is 24.2 Å². The summed E-state index contributed by atoms with van der Waals surface area (Å²) >= 11 is 1.72. The number of carbonyl (C=O) groups is 1. The average molecular weight is 524 g/mol. The van der Waals surface area contributed by atoms with Gasteiger partial charge in [-0.05, 0) is 87.3 Å². The third-order valence-electron chi connectivity index (χ3n) is 7.33. The minimum Gasteiger partial charge on any atom is -0.444 e. The fourth-order valence-electron chi connectivity index (χ4n) is 5.42. The molecule has 6 nitrogen and oxygen atoms in total. The number of ether oxygens (including phenoxy) is 1. The Bertz CT molecular complexity index is 1130. The van der Waals surface area contributed by atoms with Crippen molar-refractivity contribution >= 4 is 23.4 Å². The Labute approximate surface area is 225 Å². The highest BCUT2D eigenvalue weighted by molar-refractivity contribution is 7.99. The molecule has 37 heavy (non-hydrogen) atoms. The summed E-state index contributed by atoms with van der Waals surface area (Å²) < 4.78 is 5.65. The van der Waals surface area contributed by atoms with Crippen LogP contribution < -0.4 is 5.32 Å². The van der Waals surface area contributed by atoms with Crippen molar-refractivity contribution in [2.24, 2.45) is 11.3 Å². The summed E-state index contributed by atoms with van der Waals surface area (Å²) in [5.74, 6) is 1.86. The number of fused-ring (bicyclic) bond motifs is 1. The number of aliphatic hydroxyl groups is 1. The van der Waals surface area contributed by atoms with Crippen LogP contribution in [0.4, 0.5) is 4.79 Å². The number of alkyl carbamates (subject to hydrolysis) is 1. The number of aromatic nitrogens is 2. The summed E-state index contributed by atoms with van der Waals surface area (Å²) in [6, 6.07) is 8.25. The number of thioether (sulfide) groups is 1. The quantitative estimate of drug-likeness (QED) is 0.313. The van der Waals surface area contributed by atoms with Crippen molar-refractivity contribution in [3.8, 4) is 0 Å². The van der Waals surface area contributed by atoms with Gasteiger partial charge in [0.25, 0.3) is 0 Å². The SMILES string of the molecule is C=C(CCC1(CCC)Cc2ccccc2[C@H]1NC(=O)OC(C)(C)C)c1ncc(SCC2CC2)nc1CO. The van der Waals surface area contributed by atoms with Crippen molar-refractivity contribution < 1.29 is 14.6 Å². The first-order chi connectivity index (χ1) is 17.6. The molecule has 0 spiro atoms. The highest BCUT2D eigenvalue weighted by Gasteiger charge is 2.46. The van der Waals surface area contributed by atoms with E-state index < -0.39 is 5.60 Å². The molecule has 0 radical (unpaired) electrons. The largest absolute Gasteiger partial charge is 0.444 e. The highest BCUT2D eigenvalue weighted by atomic mass is 32.2. The smallest absolute Gasteiger partial charge is 0.408 e. The molecule has 0 saturated heterocycles. The molecule has 2 atom stereocenters. The van der Waals surface area contributed by atoms with Crippen molar-refractivity contribution in [1.82, 2.24) is 15.3 Å². The lowest BCUT2D eigenvalue weighted by molar-refractivity contribution is 0.0435. The Kier molecular flexibility index (Phi) is 8.64. The molecule has 2 aromatic rings. The van der Waals surface area contributed by atoms with E-state index in [1.165, 1.54) is 24.0 Å². The minimum absolute atomic E-state index is 0.143. The Hall–Kier alpha value is -2.38. The summed E-state index contributed by atoms with van der Waals surface area (Å²) in [4.78, 5) is 22.3. The lowest BCUT2D eigenvalue weighted by Crippen LogP contribution is -2.41. The molecule has 2 N–H and O–H groups in total. The van der Waals surface area contributed by atoms with Crippen LogP contribution in [0.15, 0.2) is 42.1 Å². The maximum atomic E-state index is 12.9. The van der Waals surface area contributed by atoms with Gasteiger partial charge in [-0.1, -0.05) is 44.2 Å². The zero-order valence-electron chi connectivity index (χ0n) is 22.7. The van der Waals surface area contributed by atoms with Crippen LogP contribution in [-0.4, -0.2) is 32.5 Å². The van der Waals surface area contributed by atoms with E-state index in [0.29, 0.717) is 17.8 Å². The summed E-state index contributed by atoms with van der Waals surface area (Å²) in [5, 5.41) is 14.1. The Balaban J connectivity index is 1.53. The zero-order chi connectivity index (χ0) is 26.6. The molecule has 1 amide bonds. The molecule has 2 aliphatic carbocycles. The number of allylic oxidation sites excluding steroid dienone is 1. The van der Waals surface area contributed by atoms with Crippen LogP contribution in [0.1, 0.15) is 94.8 Å². The van der Waals surface area contributed by atoms with E-state index in [1.807, 2.05) is 33.0 Å². The fourth-order valence-corrected chi connectivity index (χ4v) is 6.46. The van der Waals surface area contributed by atoms with Crippen molar-refractivity contribution in [2.45, 2.75) is 95.9 Å². The number of hydrogen-bond donors (Lipinski definition) is 2. The second-order valence-electron chi connectivity index (χ2n) is 11.6. The van der Waals surface area contributed by atoms with Crippen molar-refractivity contribution in [1.29, 1.82) is 0 Å². The number of benzene rings is 1. The molecule has 0 bridgehead atoms. The first-order valence-corrected chi connectivity index (χ1v) is 14.5. The van der Waals surface area contributed by atoms with Crippen molar-refractivity contribution in [3.63, 3.8) is 0 Å². The van der Waals surface area contributed by atoms with Crippen LogP contribution in [0.2, 0.25) is 0 Å². The average Bonchev–Trinajstić information content (AvgIpc) is 3.63. The number of aliphatic hydroxyl groups excluding tert-OH is 1. The van der Waals surface area contributed by atoms with Gasteiger partial charge in [-0.3, -0.25) is 4.98 Å². The Morgan fingerprint density at radius 2 is 2.03 bits per heavy atom. The number of amides is 1. The first-order valence-electron chi connectivity index (χ1n) is 13.5. The topological polar surface area (TPSA) is 84.3 Å². The van der Waals surface area contributed by atoms with Crippen LogP contribution in [0.25, 0.3) is 5.57 Å². The standard InChI is InChI=1S/C30H41N3O3S/c1-6-14-30(16-22-9-7-8-10-23(22)27(30)33-28(35)36-29(3,4)5)15-13-20(2)26-24(18-34)32-25(17-31-26)37-19-21-11-12-21/h7-10,17,21,27,34H,2,6,11-16,18-19H2,1,3-5H3,(H,33,35)/t27-,30?/m1/s1. The third-order valence-corrected chi connectivity index (χ3v) is 8.46. The van der Waals surface area contributed by atoms with Gasteiger partial charge in [0, 0.05) is 5.75 Å². The van der Waals surface area contributed by atoms with Crippen LogP contribution in [-0.2, 0) is 17.8 Å². The van der Waals surface area contributed by atoms with Gasteiger partial charge in [-0.2, -0.15) is 0 Å². The molecular weight excluding hydrogens is 482 g/mol. The van der Waals surface area contributed by atoms with Gasteiger partial charge >= 0.3 is 6.09 Å².